The van der Waals surface area contributed by atoms with Crippen molar-refractivity contribution in [2.75, 3.05) is 30.4 Å². The Kier molecular flexibility index (Phi) is 6.30. The van der Waals surface area contributed by atoms with Gasteiger partial charge in [-0.1, -0.05) is 12.8 Å². The van der Waals surface area contributed by atoms with E-state index in [1.54, 1.807) is 18.1 Å². The van der Waals surface area contributed by atoms with Gasteiger partial charge in [0.2, 0.25) is 11.8 Å². The van der Waals surface area contributed by atoms with Crippen LogP contribution in [0, 0.1) is 5.41 Å². The summed E-state index contributed by atoms with van der Waals surface area (Å²) in [7, 11) is 1.57. The molecule has 1 aliphatic carbocycles. The van der Waals surface area contributed by atoms with Gasteiger partial charge in [0.25, 0.3) is 0 Å². The molecule has 3 N–H and O–H groups in total. The van der Waals surface area contributed by atoms with Gasteiger partial charge in [0.1, 0.15) is 5.75 Å². The molecule has 2 fully saturated rings. The number of carbonyl (C=O) groups excluding carboxylic acids is 2. The van der Waals surface area contributed by atoms with E-state index in [9.17, 15) is 9.59 Å². The molecule has 3 rings (SSSR count). The Balaban J connectivity index is 0.00000225. The fraction of sp³-hybridized carbons (Fsp3) is 0.556. The molecule has 1 heterocycles. The van der Waals surface area contributed by atoms with E-state index in [2.05, 4.69) is 5.32 Å². The highest BCUT2D eigenvalue weighted by Gasteiger charge is 2.39. The first-order chi connectivity index (χ1) is 11.6. The van der Waals surface area contributed by atoms with Crippen LogP contribution in [-0.4, -0.2) is 32.0 Å². The first-order valence-electron chi connectivity index (χ1n) is 8.59. The maximum atomic E-state index is 12.7. The van der Waals surface area contributed by atoms with E-state index in [0.29, 0.717) is 30.9 Å². The lowest BCUT2D eigenvalue weighted by atomic mass is 9.85. The zero-order chi connectivity index (χ0) is 17.2. The first-order valence-corrected chi connectivity index (χ1v) is 8.59. The summed E-state index contributed by atoms with van der Waals surface area (Å²) in [4.78, 5) is 26.4. The number of amides is 2. The third-order valence-corrected chi connectivity index (χ3v) is 5.23. The van der Waals surface area contributed by atoms with Crippen molar-refractivity contribution in [2.24, 2.45) is 11.1 Å². The smallest absolute Gasteiger partial charge is 0.231 e. The quantitative estimate of drug-likeness (QED) is 0.837. The molecule has 1 aliphatic heterocycles. The van der Waals surface area contributed by atoms with Crippen molar-refractivity contribution >= 4 is 35.6 Å². The van der Waals surface area contributed by atoms with Gasteiger partial charge in [0.05, 0.1) is 18.2 Å². The maximum Gasteiger partial charge on any atom is 0.231 e. The normalized spacial score (nSPS) is 18.8. The minimum absolute atomic E-state index is 0. The molecule has 0 radical (unpaired) electrons. The summed E-state index contributed by atoms with van der Waals surface area (Å²) >= 11 is 0. The average Bonchev–Trinajstić information content (AvgIpc) is 3.24. The Morgan fingerprint density at radius 1 is 1.32 bits per heavy atom. The van der Waals surface area contributed by atoms with Crippen LogP contribution in [0.2, 0.25) is 0 Å². The lowest BCUT2D eigenvalue weighted by Gasteiger charge is -2.26. The number of methoxy groups -OCH3 is 1. The maximum absolute atomic E-state index is 12.7. The third kappa shape index (κ3) is 3.75. The van der Waals surface area contributed by atoms with Crippen LogP contribution in [0.5, 0.6) is 5.75 Å². The van der Waals surface area contributed by atoms with Gasteiger partial charge in [-0.05, 0) is 31.4 Å². The lowest BCUT2D eigenvalue weighted by Crippen LogP contribution is -2.40. The molecular weight excluding hydrogens is 342 g/mol. The Bertz CT molecular complexity index is 644. The average molecular weight is 368 g/mol. The highest BCUT2D eigenvalue weighted by molar-refractivity contribution is 5.99. The highest BCUT2D eigenvalue weighted by atomic mass is 35.5. The molecule has 25 heavy (non-hydrogen) atoms. The van der Waals surface area contributed by atoms with Crippen LogP contribution in [-0.2, 0) is 9.59 Å². The van der Waals surface area contributed by atoms with Crippen LogP contribution in [0.3, 0.4) is 0 Å². The number of hydrogen-bond acceptors (Lipinski definition) is 4. The standard InChI is InChI=1S/C18H25N3O3.ClH/c1-24-15-11-13(6-7-14(15)21-10-4-5-16(21)22)20-17(23)18(12-19)8-2-3-9-18;/h6-7,11H,2-5,8-10,12,19H2,1H3,(H,20,23);1H. The minimum atomic E-state index is -0.448. The second kappa shape index (κ2) is 8.06. The van der Waals surface area contributed by atoms with Crippen LogP contribution in [0.25, 0.3) is 0 Å². The summed E-state index contributed by atoms with van der Waals surface area (Å²) in [5.74, 6) is 0.684. The van der Waals surface area contributed by atoms with E-state index in [1.807, 2.05) is 12.1 Å². The fourth-order valence-electron chi connectivity index (χ4n) is 3.72. The second-order valence-corrected chi connectivity index (χ2v) is 6.68. The van der Waals surface area contributed by atoms with Crippen molar-refractivity contribution < 1.29 is 14.3 Å². The van der Waals surface area contributed by atoms with E-state index in [0.717, 1.165) is 37.8 Å². The number of benzene rings is 1. The van der Waals surface area contributed by atoms with E-state index in [-0.39, 0.29) is 24.2 Å². The molecule has 1 saturated carbocycles. The Morgan fingerprint density at radius 2 is 2.04 bits per heavy atom. The number of nitrogens with two attached hydrogens (primary N) is 1. The van der Waals surface area contributed by atoms with Gasteiger partial charge in [-0.3, -0.25) is 9.59 Å². The Morgan fingerprint density at radius 3 is 2.60 bits per heavy atom. The number of carbonyl (C=O) groups is 2. The fourth-order valence-corrected chi connectivity index (χ4v) is 3.72. The molecule has 6 nitrogen and oxygen atoms in total. The number of rotatable bonds is 5. The number of halogens is 1. The van der Waals surface area contributed by atoms with Crippen molar-refractivity contribution in [3.05, 3.63) is 18.2 Å². The molecular formula is C18H26ClN3O3. The Labute approximate surface area is 154 Å². The molecule has 2 aliphatic rings. The summed E-state index contributed by atoms with van der Waals surface area (Å²) in [5.41, 5.74) is 6.85. The van der Waals surface area contributed by atoms with Crippen molar-refractivity contribution in [1.82, 2.24) is 0 Å². The molecule has 0 bridgehead atoms. The molecule has 7 heteroatoms. The van der Waals surface area contributed by atoms with Crippen molar-refractivity contribution in [3.63, 3.8) is 0 Å². The van der Waals surface area contributed by atoms with Gasteiger partial charge in [0, 0.05) is 31.3 Å². The van der Waals surface area contributed by atoms with Gasteiger partial charge in [-0.2, -0.15) is 0 Å². The van der Waals surface area contributed by atoms with Gasteiger partial charge >= 0.3 is 0 Å². The lowest BCUT2D eigenvalue weighted by molar-refractivity contribution is -0.124. The highest BCUT2D eigenvalue weighted by Crippen LogP contribution is 2.39. The number of nitrogens with zero attached hydrogens (tertiary/aromatic N) is 1. The topological polar surface area (TPSA) is 84.7 Å². The van der Waals surface area contributed by atoms with E-state index >= 15 is 0 Å². The summed E-state index contributed by atoms with van der Waals surface area (Å²) < 4.78 is 5.44. The third-order valence-electron chi connectivity index (χ3n) is 5.23. The van der Waals surface area contributed by atoms with Crippen LogP contribution in [0.1, 0.15) is 38.5 Å². The summed E-state index contributed by atoms with van der Waals surface area (Å²) in [6.45, 7) is 1.08. The molecule has 138 valence electrons. The molecule has 1 saturated heterocycles. The SMILES string of the molecule is COc1cc(NC(=O)C2(CN)CCCC2)ccc1N1CCCC1=O.Cl. The molecule has 0 unspecified atom stereocenters. The van der Waals surface area contributed by atoms with Crippen molar-refractivity contribution in [1.29, 1.82) is 0 Å². The molecule has 0 spiro atoms. The zero-order valence-corrected chi connectivity index (χ0v) is 15.4. The van der Waals surface area contributed by atoms with Crippen LogP contribution < -0.4 is 20.7 Å². The molecule has 2 amide bonds. The summed E-state index contributed by atoms with van der Waals surface area (Å²) in [6, 6.07) is 5.43. The van der Waals surface area contributed by atoms with Gasteiger partial charge in [-0.15, -0.1) is 12.4 Å². The van der Waals surface area contributed by atoms with Gasteiger partial charge < -0.3 is 20.7 Å². The second-order valence-electron chi connectivity index (χ2n) is 6.68. The molecule has 1 aromatic rings. The largest absolute Gasteiger partial charge is 0.494 e. The predicted octanol–water partition coefficient (Wildman–Crippen LogP) is 2.70. The van der Waals surface area contributed by atoms with Crippen LogP contribution >= 0.6 is 12.4 Å². The zero-order valence-electron chi connectivity index (χ0n) is 14.5. The van der Waals surface area contributed by atoms with E-state index in [1.165, 1.54) is 0 Å². The number of ether oxygens (including phenoxy) is 1. The van der Waals surface area contributed by atoms with Crippen molar-refractivity contribution in [2.45, 2.75) is 38.5 Å². The number of hydrogen-bond donors (Lipinski definition) is 2. The molecule has 0 aromatic heterocycles. The van der Waals surface area contributed by atoms with Crippen LogP contribution in [0.4, 0.5) is 11.4 Å². The summed E-state index contributed by atoms with van der Waals surface area (Å²) in [6.07, 6.45) is 5.20. The molecule has 1 aromatic carbocycles. The van der Waals surface area contributed by atoms with E-state index < -0.39 is 5.41 Å². The minimum Gasteiger partial charge on any atom is -0.494 e. The monoisotopic (exact) mass is 367 g/mol. The van der Waals surface area contributed by atoms with Crippen LogP contribution in [0.15, 0.2) is 18.2 Å². The number of nitrogens with one attached hydrogen (secondary N) is 1. The first kappa shape index (κ1) is 19.5. The van der Waals surface area contributed by atoms with Gasteiger partial charge in [0.15, 0.2) is 0 Å². The molecule has 0 atom stereocenters. The predicted molar refractivity (Wildman–Crippen MR) is 100 cm³/mol. The van der Waals surface area contributed by atoms with Crippen molar-refractivity contribution in [3.8, 4) is 5.75 Å². The Hall–Kier alpha value is -1.79. The van der Waals surface area contributed by atoms with Gasteiger partial charge in [-0.25, -0.2) is 0 Å². The number of anilines is 2. The summed E-state index contributed by atoms with van der Waals surface area (Å²) in [5, 5.41) is 2.98. The van der Waals surface area contributed by atoms with E-state index in [4.69, 9.17) is 10.5 Å².